The van der Waals surface area contributed by atoms with Crippen LogP contribution in [0.4, 0.5) is 0 Å². The van der Waals surface area contributed by atoms with Gasteiger partial charge in [-0.1, -0.05) is 48.5 Å². The van der Waals surface area contributed by atoms with Crippen molar-refractivity contribution in [1.29, 1.82) is 0 Å². The molecule has 2 aromatic carbocycles. The van der Waals surface area contributed by atoms with Gasteiger partial charge in [-0.15, -0.1) is 0 Å². The Labute approximate surface area is 124 Å². The first-order valence-electron chi connectivity index (χ1n) is 6.84. The summed E-state index contributed by atoms with van der Waals surface area (Å²) < 4.78 is 0. The van der Waals surface area contributed by atoms with Crippen LogP contribution in [0.3, 0.4) is 0 Å². The second-order valence-electron chi connectivity index (χ2n) is 4.75. The predicted octanol–water partition coefficient (Wildman–Crippen LogP) is 2.29. The van der Waals surface area contributed by atoms with Crippen LogP contribution in [0.25, 0.3) is 0 Å². The molecule has 4 heteroatoms. The zero-order valence-electron chi connectivity index (χ0n) is 11.9. The molecule has 108 valence electrons. The van der Waals surface area contributed by atoms with E-state index in [2.05, 4.69) is 10.6 Å². The molecule has 2 rings (SSSR count). The minimum atomic E-state index is -0.252. The fourth-order valence-corrected chi connectivity index (χ4v) is 1.97. The van der Waals surface area contributed by atoms with Gasteiger partial charge in [0.2, 0.25) is 5.91 Å². The van der Waals surface area contributed by atoms with Gasteiger partial charge in [0.25, 0.3) is 5.91 Å². The van der Waals surface area contributed by atoms with E-state index in [1.165, 1.54) is 0 Å². The van der Waals surface area contributed by atoms with Crippen molar-refractivity contribution in [3.63, 3.8) is 0 Å². The van der Waals surface area contributed by atoms with Crippen LogP contribution in [-0.2, 0) is 4.79 Å². The highest BCUT2D eigenvalue weighted by Crippen LogP contribution is 2.10. The van der Waals surface area contributed by atoms with Crippen molar-refractivity contribution in [2.45, 2.75) is 13.0 Å². The number of rotatable bonds is 5. The lowest BCUT2D eigenvalue weighted by Crippen LogP contribution is -2.38. The molecule has 0 saturated carbocycles. The lowest BCUT2D eigenvalue weighted by molar-refractivity contribution is -0.120. The average Bonchev–Trinajstić information content (AvgIpc) is 2.54. The normalized spacial score (nSPS) is 11.5. The molecule has 0 aliphatic carbocycles. The van der Waals surface area contributed by atoms with E-state index >= 15 is 0 Å². The summed E-state index contributed by atoms with van der Waals surface area (Å²) in [4.78, 5) is 23.7. The van der Waals surface area contributed by atoms with Crippen LogP contribution in [0.5, 0.6) is 0 Å². The Morgan fingerprint density at radius 3 is 2.14 bits per heavy atom. The van der Waals surface area contributed by atoms with Gasteiger partial charge in [-0.25, -0.2) is 0 Å². The van der Waals surface area contributed by atoms with Crippen LogP contribution in [0, 0.1) is 0 Å². The van der Waals surface area contributed by atoms with Gasteiger partial charge in [0.1, 0.15) is 0 Å². The lowest BCUT2D eigenvalue weighted by atomic mass is 10.1. The van der Waals surface area contributed by atoms with Gasteiger partial charge in [0, 0.05) is 5.56 Å². The summed E-state index contributed by atoms with van der Waals surface area (Å²) in [5.41, 5.74) is 1.57. The van der Waals surface area contributed by atoms with Gasteiger partial charge < -0.3 is 10.6 Å². The summed E-state index contributed by atoms with van der Waals surface area (Å²) in [6, 6.07) is 18.4. The number of amides is 2. The smallest absolute Gasteiger partial charge is 0.251 e. The van der Waals surface area contributed by atoms with E-state index in [4.69, 9.17) is 0 Å². The molecule has 2 aromatic rings. The fourth-order valence-electron chi connectivity index (χ4n) is 1.97. The Hall–Kier alpha value is -2.62. The molecule has 0 aliphatic rings. The highest BCUT2D eigenvalue weighted by atomic mass is 16.2. The van der Waals surface area contributed by atoms with Crippen molar-refractivity contribution in [1.82, 2.24) is 10.6 Å². The number of hydrogen-bond acceptors (Lipinski definition) is 2. The molecule has 0 bridgehead atoms. The lowest BCUT2D eigenvalue weighted by Gasteiger charge is -2.14. The SMILES string of the molecule is CC(NC(=O)CNC(=O)c1ccccc1)c1ccccc1. The molecule has 4 nitrogen and oxygen atoms in total. The highest BCUT2D eigenvalue weighted by molar-refractivity contribution is 5.96. The van der Waals surface area contributed by atoms with Gasteiger partial charge in [0.05, 0.1) is 12.6 Å². The molecule has 2 N–H and O–H groups in total. The number of carbonyl (C=O) groups excluding carboxylic acids is 2. The van der Waals surface area contributed by atoms with Gasteiger partial charge in [-0.3, -0.25) is 9.59 Å². The van der Waals surface area contributed by atoms with Crippen LogP contribution in [0.1, 0.15) is 28.9 Å². The van der Waals surface area contributed by atoms with Gasteiger partial charge in [-0.2, -0.15) is 0 Å². The maximum absolute atomic E-state index is 11.8. The molecule has 2 amide bonds. The third kappa shape index (κ3) is 4.45. The van der Waals surface area contributed by atoms with Crippen molar-refractivity contribution >= 4 is 11.8 Å². The summed E-state index contributed by atoms with van der Waals surface area (Å²) >= 11 is 0. The summed E-state index contributed by atoms with van der Waals surface area (Å²) in [7, 11) is 0. The number of hydrogen-bond donors (Lipinski definition) is 2. The Morgan fingerprint density at radius 2 is 1.52 bits per heavy atom. The van der Waals surface area contributed by atoms with E-state index in [9.17, 15) is 9.59 Å². The Bertz CT molecular complexity index is 597. The first kappa shape index (κ1) is 14.8. The first-order valence-corrected chi connectivity index (χ1v) is 6.84. The number of carbonyl (C=O) groups is 2. The Balaban J connectivity index is 1.81. The second kappa shape index (κ2) is 7.24. The van der Waals surface area contributed by atoms with Gasteiger partial charge >= 0.3 is 0 Å². The highest BCUT2D eigenvalue weighted by Gasteiger charge is 2.11. The molecule has 0 spiro atoms. The molecule has 0 aromatic heterocycles. The van der Waals surface area contributed by atoms with Crippen LogP contribution in [0.15, 0.2) is 60.7 Å². The fraction of sp³-hybridized carbons (Fsp3) is 0.176. The van der Waals surface area contributed by atoms with E-state index in [0.717, 1.165) is 5.56 Å². The minimum absolute atomic E-state index is 0.0368. The van der Waals surface area contributed by atoms with E-state index in [1.807, 2.05) is 43.3 Å². The van der Waals surface area contributed by atoms with Crippen molar-refractivity contribution < 1.29 is 9.59 Å². The number of benzene rings is 2. The topological polar surface area (TPSA) is 58.2 Å². The molecule has 0 radical (unpaired) electrons. The van der Waals surface area contributed by atoms with E-state index in [1.54, 1.807) is 24.3 Å². The summed E-state index contributed by atoms with van der Waals surface area (Å²) in [5.74, 6) is -0.464. The van der Waals surface area contributed by atoms with Crippen molar-refractivity contribution in [2.75, 3.05) is 6.54 Å². The zero-order valence-corrected chi connectivity index (χ0v) is 11.9. The molecule has 0 aliphatic heterocycles. The molecule has 0 fully saturated rings. The van der Waals surface area contributed by atoms with Gasteiger partial charge in [-0.05, 0) is 24.6 Å². The first-order chi connectivity index (χ1) is 10.2. The zero-order chi connectivity index (χ0) is 15.1. The van der Waals surface area contributed by atoms with Crippen molar-refractivity contribution in [3.05, 3.63) is 71.8 Å². The minimum Gasteiger partial charge on any atom is -0.348 e. The monoisotopic (exact) mass is 282 g/mol. The van der Waals surface area contributed by atoms with Crippen LogP contribution < -0.4 is 10.6 Å². The molecular weight excluding hydrogens is 264 g/mol. The summed E-state index contributed by atoms with van der Waals surface area (Å²) in [6.45, 7) is 1.87. The quantitative estimate of drug-likeness (QED) is 0.884. The summed E-state index contributed by atoms with van der Waals surface area (Å²) in [6.07, 6.45) is 0. The molecule has 0 heterocycles. The van der Waals surface area contributed by atoms with Crippen molar-refractivity contribution in [3.8, 4) is 0 Å². The molecule has 1 atom stereocenters. The third-order valence-corrected chi connectivity index (χ3v) is 3.12. The molecular formula is C17H18N2O2. The summed E-state index contributed by atoms with van der Waals surface area (Å²) in [5, 5.41) is 5.45. The van der Waals surface area contributed by atoms with Crippen LogP contribution in [-0.4, -0.2) is 18.4 Å². The maximum atomic E-state index is 11.8. The average molecular weight is 282 g/mol. The van der Waals surface area contributed by atoms with Crippen LogP contribution in [0.2, 0.25) is 0 Å². The third-order valence-electron chi connectivity index (χ3n) is 3.12. The Morgan fingerprint density at radius 1 is 0.952 bits per heavy atom. The number of nitrogens with one attached hydrogen (secondary N) is 2. The van der Waals surface area contributed by atoms with Gasteiger partial charge in [0.15, 0.2) is 0 Å². The van der Waals surface area contributed by atoms with E-state index in [-0.39, 0.29) is 24.4 Å². The standard InChI is InChI=1S/C17H18N2O2/c1-13(14-8-4-2-5-9-14)19-16(20)12-18-17(21)15-10-6-3-7-11-15/h2-11,13H,12H2,1H3,(H,18,21)(H,19,20). The largest absolute Gasteiger partial charge is 0.348 e. The van der Waals surface area contributed by atoms with Crippen LogP contribution >= 0.6 is 0 Å². The van der Waals surface area contributed by atoms with Crippen molar-refractivity contribution in [2.24, 2.45) is 0 Å². The molecule has 21 heavy (non-hydrogen) atoms. The second-order valence-corrected chi connectivity index (χ2v) is 4.75. The van der Waals surface area contributed by atoms with E-state index in [0.29, 0.717) is 5.56 Å². The Kier molecular flexibility index (Phi) is 5.10. The molecule has 1 unspecified atom stereocenters. The maximum Gasteiger partial charge on any atom is 0.251 e. The van der Waals surface area contributed by atoms with E-state index < -0.39 is 0 Å². The molecule has 0 saturated heterocycles. The predicted molar refractivity (Wildman–Crippen MR) is 81.8 cm³/mol.